The maximum atomic E-state index is 11.7. The molecule has 0 fully saturated rings. The van der Waals surface area contributed by atoms with Gasteiger partial charge in [0.25, 0.3) is 0 Å². The molecule has 0 saturated carbocycles. The Balaban J connectivity index is 1.78. The molecule has 0 atom stereocenters. The highest BCUT2D eigenvalue weighted by Gasteiger charge is 2.06. The van der Waals surface area contributed by atoms with Gasteiger partial charge in [-0.15, -0.1) is 0 Å². The molecule has 2 rings (SSSR count). The summed E-state index contributed by atoms with van der Waals surface area (Å²) in [5.41, 5.74) is 3.04. The number of hydrogen-bond acceptors (Lipinski definition) is 4. The Bertz CT molecular complexity index is 657. The minimum atomic E-state index is -0.529. The van der Waals surface area contributed by atoms with E-state index in [0.29, 0.717) is 13.2 Å². The number of hydrogen-bond donors (Lipinski definition) is 3. The summed E-state index contributed by atoms with van der Waals surface area (Å²) in [6.45, 7) is 0.764. The minimum absolute atomic E-state index is 0.0163. The molecule has 126 valence electrons. The molecule has 0 aliphatic rings. The number of carbonyl (C=O) groups excluding carboxylic acids is 2. The predicted molar refractivity (Wildman–Crippen MR) is 93.8 cm³/mol. The van der Waals surface area contributed by atoms with Crippen LogP contribution in [0.2, 0.25) is 0 Å². The SMILES string of the molecule is COCCNC(=O)NC(=O)CNc1ccc(-c2ccccc2)cc1. The van der Waals surface area contributed by atoms with Crippen LogP contribution in [-0.2, 0) is 9.53 Å². The lowest BCUT2D eigenvalue weighted by molar-refractivity contribution is -0.118. The molecule has 6 heteroatoms. The number of imide groups is 1. The number of methoxy groups -OCH3 is 1. The lowest BCUT2D eigenvalue weighted by Crippen LogP contribution is -2.42. The Hall–Kier alpha value is -2.86. The van der Waals surface area contributed by atoms with Crippen LogP contribution in [0.5, 0.6) is 0 Å². The molecule has 2 aromatic carbocycles. The third-order valence-corrected chi connectivity index (χ3v) is 3.29. The van der Waals surface area contributed by atoms with E-state index in [9.17, 15) is 9.59 Å². The van der Waals surface area contributed by atoms with Crippen LogP contribution in [-0.4, -0.2) is 38.7 Å². The number of urea groups is 1. The maximum absolute atomic E-state index is 11.7. The second kappa shape index (κ2) is 9.32. The van der Waals surface area contributed by atoms with E-state index in [0.717, 1.165) is 16.8 Å². The van der Waals surface area contributed by atoms with Gasteiger partial charge in [0.15, 0.2) is 0 Å². The normalized spacial score (nSPS) is 10.0. The molecule has 0 aromatic heterocycles. The summed E-state index contributed by atoms with van der Waals surface area (Å²) >= 11 is 0. The van der Waals surface area contributed by atoms with E-state index >= 15 is 0 Å². The summed E-state index contributed by atoms with van der Waals surface area (Å²) in [4.78, 5) is 23.1. The molecular weight excluding hydrogens is 306 g/mol. The van der Waals surface area contributed by atoms with E-state index in [1.54, 1.807) is 0 Å². The molecule has 24 heavy (non-hydrogen) atoms. The molecule has 0 radical (unpaired) electrons. The Morgan fingerprint density at radius 2 is 1.62 bits per heavy atom. The van der Waals surface area contributed by atoms with Crippen LogP contribution < -0.4 is 16.0 Å². The predicted octanol–water partition coefficient (Wildman–Crippen LogP) is 2.24. The Morgan fingerprint density at radius 1 is 0.958 bits per heavy atom. The summed E-state index contributed by atoms with van der Waals surface area (Å²) in [7, 11) is 1.54. The topological polar surface area (TPSA) is 79.5 Å². The van der Waals surface area contributed by atoms with E-state index in [1.807, 2.05) is 54.6 Å². The fourth-order valence-electron chi connectivity index (χ4n) is 2.08. The standard InChI is InChI=1S/C18H21N3O3/c1-24-12-11-19-18(23)21-17(22)13-20-16-9-7-15(8-10-16)14-5-3-2-4-6-14/h2-10,20H,11-13H2,1H3,(H2,19,21,22,23). The van der Waals surface area contributed by atoms with Crippen LogP contribution in [0.1, 0.15) is 0 Å². The van der Waals surface area contributed by atoms with E-state index in [4.69, 9.17) is 4.74 Å². The van der Waals surface area contributed by atoms with Crippen molar-refractivity contribution >= 4 is 17.6 Å². The summed E-state index contributed by atoms with van der Waals surface area (Å²) in [6.07, 6.45) is 0. The molecule has 0 spiro atoms. The van der Waals surface area contributed by atoms with Crippen molar-refractivity contribution in [3.8, 4) is 11.1 Å². The average molecular weight is 327 g/mol. The summed E-state index contributed by atoms with van der Waals surface area (Å²) in [6, 6.07) is 17.3. The van der Waals surface area contributed by atoms with Crippen molar-refractivity contribution < 1.29 is 14.3 Å². The van der Waals surface area contributed by atoms with E-state index in [2.05, 4.69) is 16.0 Å². The molecule has 3 N–H and O–H groups in total. The Morgan fingerprint density at radius 3 is 2.29 bits per heavy atom. The van der Waals surface area contributed by atoms with Crippen molar-refractivity contribution in [2.24, 2.45) is 0 Å². The third kappa shape index (κ3) is 5.73. The number of rotatable bonds is 7. The number of anilines is 1. The number of ether oxygens (including phenoxy) is 1. The van der Waals surface area contributed by atoms with Gasteiger partial charge in [-0.25, -0.2) is 4.79 Å². The number of nitrogens with one attached hydrogen (secondary N) is 3. The van der Waals surface area contributed by atoms with E-state index in [-0.39, 0.29) is 6.54 Å². The number of benzene rings is 2. The molecule has 3 amide bonds. The lowest BCUT2D eigenvalue weighted by atomic mass is 10.1. The highest BCUT2D eigenvalue weighted by Crippen LogP contribution is 2.20. The zero-order valence-electron chi connectivity index (χ0n) is 13.5. The zero-order chi connectivity index (χ0) is 17.2. The molecule has 0 aliphatic carbocycles. The van der Waals surface area contributed by atoms with Crippen molar-refractivity contribution in [1.82, 2.24) is 10.6 Å². The molecule has 0 aliphatic heterocycles. The van der Waals surface area contributed by atoms with Gasteiger partial charge in [0.1, 0.15) is 0 Å². The van der Waals surface area contributed by atoms with Crippen LogP contribution >= 0.6 is 0 Å². The second-order valence-electron chi connectivity index (χ2n) is 5.09. The number of carbonyl (C=O) groups is 2. The van der Waals surface area contributed by atoms with Gasteiger partial charge in [0.2, 0.25) is 5.91 Å². The zero-order valence-corrected chi connectivity index (χ0v) is 13.5. The minimum Gasteiger partial charge on any atom is -0.383 e. The van der Waals surface area contributed by atoms with Crippen LogP contribution in [0, 0.1) is 0 Å². The molecule has 0 bridgehead atoms. The first-order chi connectivity index (χ1) is 11.7. The van der Waals surface area contributed by atoms with Crippen molar-refractivity contribution in [2.45, 2.75) is 0 Å². The van der Waals surface area contributed by atoms with Crippen LogP contribution in [0.15, 0.2) is 54.6 Å². The van der Waals surface area contributed by atoms with Gasteiger partial charge in [0, 0.05) is 19.3 Å². The molecule has 0 saturated heterocycles. The van der Waals surface area contributed by atoms with Gasteiger partial charge in [0.05, 0.1) is 13.2 Å². The van der Waals surface area contributed by atoms with Crippen LogP contribution in [0.25, 0.3) is 11.1 Å². The van der Waals surface area contributed by atoms with Crippen molar-refractivity contribution in [1.29, 1.82) is 0 Å². The first kappa shape index (κ1) is 17.5. The largest absolute Gasteiger partial charge is 0.383 e. The lowest BCUT2D eigenvalue weighted by Gasteiger charge is -2.09. The van der Waals surface area contributed by atoms with Gasteiger partial charge in [-0.2, -0.15) is 0 Å². The fourth-order valence-corrected chi connectivity index (χ4v) is 2.08. The van der Waals surface area contributed by atoms with Gasteiger partial charge in [-0.1, -0.05) is 42.5 Å². The first-order valence-electron chi connectivity index (χ1n) is 7.65. The van der Waals surface area contributed by atoms with Crippen molar-refractivity contribution in [2.75, 3.05) is 32.1 Å². The van der Waals surface area contributed by atoms with Gasteiger partial charge < -0.3 is 15.4 Å². The first-order valence-corrected chi connectivity index (χ1v) is 7.65. The molecule has 0 heterocycles. The molecule has 2 aromatic rings. The summed E-state index contributed by atoms with van der Waals surface area (Å²) < 4.78 is 4.80. The summed E-state index contributed by atoms with van der Waals surface area (Å²) in [5.74, 6) is -0.406. The van der Waals surface area contributed by atoms with E-state index < -0.39 is 11.9 Å². The third-order valence-electron chi connectivity index (χ3n) is 3.29. The second-order valence-corrected chi connectivity index (χ2v) is 5.09. The molecule has 0 unspecified atom stereocenters. The molecule has 6 nitrogen and oxygen atoms in total. The van der Waals surface area contributed by atoms with Gasteiger partial charge >= 0.3 is 6.03 Å². The van der Waals surface area contributed by atoms with Gasteiger partial charge in [-0.3, -0.25) is 10.1 Å². The maximum Gasteiger partial charge on any atom is 0.321 e. The van der Waals surface area contributed by atoms with Crippen LogP contribution in [0.3, 0.4) is 0 Å². The Kier molecular flexibility index (Phi) is 6.79. The van der Waals surface area contributed by atoms with Crippen LogP contribution in [0.4, 0.5) is 10.5 Å². The fraction of sp³-hybridized carbons (Fsp3) is 0.222. The Labute approximate surface area is 141 Å². The summed E-state index contributed by atoms with van der Waals surface area (Å²) in [5, 5.41) is 7.73. The average Bonchev–Trinajstić information content (AvgIpc) is 2.61. The quantitative estimate of drug-likeness (QED) is 0.682. The smallest absolute Gasteiger partial charge is 0.321 e. The highest BCUT2D eigenvalue weighted by atomic mass is 16.5. The van der Waals surface area contributed by atoms with Crippen molar-refractivity contribution in [3.05, 3.63) is 54.6 Å². The van der Waals surface area contributed by atoms with E-state index in [1.165, 1.54) is 7.11 Å². The monoisotopic (exact) mass is 327 g/mol. The van der Waals surface area contributed by atoms with Crippen molar-refractivity contribution in [3.63, 3.8) is 0 Å². The van der Waals surface area contributed by atoms with Gasteiger partial charge in [-0.05, 0) is 23.3 Å². The molecular formula is C18H21N3O3. The number of amides is 3. The highest BCUT2D eigenvalue weighted by molar-refractivity contribution is 5.96.